The van der Waals surface area contributed by atoms with Gasteiger partial charge in [-0.3, -0.25) is 9.59 Å². The zero-order chi connectivity index (χ0) is 23.3. The molecule has 0 aliphatic rings. The number of rotatable bonds is 11. The molecule has 10 nitrogen and oxygen atoms in total. The van der Waals surface area contributed by atoms with Crippen molar-refractivity contribution < 1.29 is 19.1 Å². The minimum atomic E-state index is -0.850. The SMILES string of the molecule is NC(=O)[C@H](CCCCNC(=O)c1ccc(N=C(N)N)cc1)NC(=O)OCc1ccccc1. The van der Waals surface area contributed by atoms with Gasteiger partial charge in [0, 0.05) is 12.1 Å². The van der Waals surface area contributed by atoms with Crippen molar-refractivity contribution in [3.05, 3.63) is 65.7 Å². The summed E-state index contributed by atoms with van der Waals surface area (Å²) in [7, 11) is 0. The number of aliphatic imine (C=N–C) groups is 1. The first-order valence-electron chi connectivity index (χ1n) is 10.1. The number of unbranched alkanes of at least 4 members (excludes halogenated alkanes) is 1. The third-order valence-electron chi connectivity index (χ3n) is 4.44. The van der Waals surface area contributed by atoms with Crippen molar-refractivity contribution in [1.82, 2.24) is 10.6 Å². The summed E-state index contributed by atoms with van der Waals surface area (Å²) >= 11 is 0. The average molecular weight is 441 g/mol. The van der Waals surface area contributed by atoms with Gasteiger partial charge in [0.25, 0.3) is 5.91 Å². The van der Waals surface area contributed by atoms with E-state index >= 15 is 0 Å². The number of nitrogens with two attached hydrogens (primary N) is 3. The molecule has 0 saturated carbocycles. The summed E-state index contributed by atoms with van der Waals surface area (Å²) in [6.07, 6.45) is 0.785. The maximum atomic E-state index is 12.2. The molecule has 0 unspecified atom stereocenters. The van der Waals surface area contributed by atoms with Gasteiger partial charge in [-0.25, -0.2) is 9.79 Å². The highest BCUT2D eigenvalue weighted by Crippen LogP contribution is 2.12. The molecule has 0 bridgehead atoms. The molecule has 0 fully saturated rings. The normalized spacial score (nSPS) is 11.1. The lowest BCUT2D eigenvalue weighted by Crippen LogP contribution is -2.44. The average Bonchev–Trinajstić information content (AvgIpc) is 2.77. The number of benzene rings is 2. The molecule has 0 heterocycles. The lowest BCUT2D eigenvalue weighted by molar-refractivity contribution is -0.120. The molecule has 2 aromatic rings. The first-order chi connectivity index (χ1) is 15.3. The smallest absolute Gasteiger partial charge is 0.408 e. The summed E-state index contributed by atoms with van der Waals surface area (Å²) < 4.78 is 5.11. The molecule has 1 atom stereocenters. The fraction of sp³-hybridized carbons (Fsp3) is 0.273. The molecular weight excluding hydrogens is 412 g/mol. The van der Waals surface area contributed by atoms with Crippen molar-refractivity contribution in [3.63, 3.8) is 0 Å². The number of carbonyl (C=O) groups is 3. The number of alkyl carbamates (subject to hydrolysis) is 1. The first-order valence-corrected chi connectivity index (χ1v) is 10.1. The molecular formula is C22H28N6O4. The Hall–Kier alpha value is -4.08. The van der Waals surface area contributed by atoms with Gasteiger partial charge in [-0.2, -0.15) is 0 Å². The molecule has 0 aromatic heterocycles. The van der Waals surface area contributed by atoms with Crippen molar-refractivity contribution in [2.45, 2.75) is 31.9 Å². The Bertz CT molecular complexity index is 927. The van der Waals surface area contributed by atoms with E-state index in [0.29, 0.717) is 37.1 Å². The first kappa shape index (κ1) is 24.2. The highest BCUT2D eigenvalue weighted by molar-refractivity contribution is 5.94. The standard InChI is InChI=1S/C22H28N6O4/c23-19(29)18(28-22(31)32-14-15-6-2-1-3-7-15)8-4-5-13-26-20(30)16-9-11-17(12-10-16)27-21(24)25/h1-3,6-7,9-12,18H,4-5,8,13-14H2,(H2,23,29)(H,26,30)(H,28,31)(H4,24,25,27)/t18-/m0/s1. The molecule has 8 N–H and O–H groups in total. The summed E-state index contributed by atoms with van der Waals surface area (Å²) in [5, 5.41) is 5.27. The highest BCUT2D eigenvalue weighted by Gasteiger charge is 2.18. The van der Waals surface area contributed by atoms with E-state index in [-0.39, 0.29) is 18.5 Å². The van der Waals surface area contributed by atoms with Gasteiger partial charge in [-0.1, -0.05) is 30.3 Å². The molecule has 10 heteroatoms. The summed E-state index contributed by atoms with van der Waals surface area (Å²) in [5.41, 5.74) is 17.8. The topological polar surface area (TPSA) is 175 Å². The van der Waals surface area contributed by atoms with Crippen LogP contribution in [0, 0.1) is 0 Å². The van der Waals surface area contributed by atoms with Gasteiger partial charge in [0.2, 0.25) is 5.91 Å². The summed E-state index contributed by atoms with van der Waals surface area (Å²) in [6.45, 7) is 0.496. The maximum absolute atomic E-state index is 12.2. The van der Waals surface area contributed by atoms with E-state index in [1.165, 1.54) is 0 Å². The fourth-order valence-corrected chi connectivity index (χ4v) is 2.81. The lowest BCUT2D eigenvalue weighted by Gasteiger charge is -2.15. The molecule has 2 aromatic carbocycles. The number of amides is 3. The van der Waals surface area contributed by atoms with Gasteiger partial charge in [0.1, 0.15) is 12.6 Å². The Morgan fingerprint density at radius 3 is 2.25 bits per heavy atom. The monoisotopic (exact) mass is 440 g/mol. The van der Waals surface area contributed by atoms with Crippen LogP contribution in [0.3, 0.4) is 0 Å². The molecule has 0 aliphatic carbocycles. The number of primary amides is 1. The largest absolute Gasteiger partial charge is 0.445 e. The molecule has 2 rings (SSSR count). The fourth-order valence-electron chi connectivity index (χ4n) is 2.81. The predicted molar refractivity (Wildman–Crippen MR) is 121 cm³/mol. The van der Waals surface area contributed by atoms with Gasteiger partial charge in [0.05, 0.1) is 5.69 Å². The van der Waals surface area contributed by atoms with Crippen molar-refractivity contribution in [3.8, 4) is 0 Å². The van der Waals surface area contributed by atoms with Crippen LogP contribution in [-0.4, -0.2) is 36.5 Å². The zero-order valence-corrected chi connectivity index (χ0v) is 17.6. The van der Waals surface area contributed by atoms with Gasteiger partial charge in [-0.05, 0) is 49.1 Å². The molecule has 0 radical (unpaired) electrons. The van der Waals surface area contributed by atoms with Crippen LogP contribution in [-0.2, 0) is 16.1 Å². The number of guanidine groups is 1. The number of carbonyl (C=O) groups excluding carboxylic acids is 3. The van der Waals surface area contributed by atoms with Crippen LogP contribution in [0.2, 0.25) is 0 Å². The van der Waals surface area contributed by atoms with Crippen LogP contribution < -0.4 is 27.8 Å². The van der Waals surface area contributed by atoms with Crippen LogP contribution >= 0.6 is 0 Å². The van der Waals surface area contributed by atoms with E-state index in [0.717, 1.165) is 5.56 Å². The summed E-state index contributed by atoms with van der Waals surface area (Å²) in [4.78, 5) is 39.6. The number of hydrogen-bond donors (Lipinski definition) is 5. The molecule has 32 heavy (non-hydrogen) atoms. The van der Waals surface area contributed by atoms with E-state index in [2.05, 4.69) is 15.6 Å². The number of hydrogen-bond acceptors (Lipinski definition) is 5. The van der Waals surface area contributed by atoms with Crippen LogP contribution in [0.5, 0.6) is 0 Å². The Labute approximate surface area is 186 Å². The Morgan fingerprint density at radius 1 is 0.938 bits per heavy atom. The summed E-state index contributed by atoms with van der Waals surface area (Å²) in [6, 6.07) is 14.8. The van der Waals surface area contributed by atoms with Crippen LogP contribution in [0.1, 0.15) is 35.2 Å². The van der Waals surface area contributed by atoms with Gasteiger partial charge in [-0.15, -0.1) is 0 Å². The Morgan fingerprint density at radius 2 is 1.62 bits per heavy atom. The number of ether oxygens (including phenoxy) is 1. The number of nitrogens with zero attached hydrogens (tertiary/aromatic N) is 1. The lowest BCUT2D eigenvalue weighted by atomic mass is 10.1. The van der Waals surface area contributed by atoms with Crippen molar-refractivity contribution in [2.24, 2.45) is 22.2 Å². The zero-order valence-electron chi connectivity index (χ0n) is 17.6. The molecule has 0 spiro atoms. The van der Waals surface area contributed by atoms with Crippen LogP contribution in [0.4, 0.5) is 10.5 Å². The molecule has 0 saturated heterocycles. The molecule has 3 amide bonds. The van der Waals surface area contributed by atoms with Crippen molar-refractivity contribution in [2.75, 3.05) is 6.54 Å². The minimum Gasteiger partial charge on any atom is -0.445 e. The molecule has 170 valence electrons. The van der Waals surface area contributed by atoms with Gasteiger partial charge >= 0.3 is 6.09 Å². The van der Waals surface area contributed by atoms with E-state index < -0.39 is 18.0 Å². The maximum Gasteiger partial charge on any atom is 0.408 e. The third kappa shape index (κ3) is 8.74. The quantitative estimate of drug-likeness (QED) is 0.200. The predicted octanol–water partition coefficient (Wildman–Crippen LogP) is 1.27. The van der Waals surface area contributed by atoms with Crippen LogP contribution in [0.15, 0.2) is 59.6 Å². The second-order valence-corrected chi connectivity index (χ2v) is 7.00. The summed E-state index contributed by atoms with van der Waals surface area (Å²) in [5.74, 6) is -0.947. The van der Waals surface area contributed by atoms with E-state index in [9.17, 15) is 14.4 Å². The van der Waals surface area contributed by atoms with Gasteiger partial charge < -0.3 is 32.6 Å². The second-order valence-electron chi connectivity index (χ2n) is 7.00. The Balaban J connectivity index is 1.68. The minimum absolute atomic E-state index is 0.0598. The Kier molecular flexibility index (Phi) is 9.51. The number of nitrogens with one attached hydrogen (secondary N) is 2. The van der Waals surface area contributed by atoms with E-state index in [1.807, 2.05) is 30.3 Å². The van der Waals surface area contributed by atoms with Crippen LogP contribution in [0.25, 0.3) is 0 Å². The second kappa shape index (κ2) is 12.6. The van der Waals surface area contributed by atoms with Crippen molar-refractivity contribution >= 4 is 29.6 Å². The molecule has 0 aliphatic heterocycles. The highest BCUT2D eigenvalue weighted by atomic mass is 16.5. The van der Waals surface area contributed by atoms with Crippen molar-refractivity contribution in [1.29, 1.82) is 0 Å². The van der Waals surface area contributed by atoms with E-state index in [1.54, 1.807) is 24.3 Å². The van der Waals surface area contributed by atoms with Gasteiger partial charge in [0.15, 0.2) is 5.96 Å². The third-order valence-corrected chi connectivity index (χ3v) is 4.44. The van der Waals surface area contributed by atoms with E-state index in [4.69, 9.17) is 21.9 Å².